The van der Waals surface area contributed by atoms with Crippen LogP contribution in [-0.2, 0) is 16.1 Å². The first-order valence-corrected chi connectivity index (χ1v) is 10.4. The van der Waals surface area contributed by atoms with Crippen LogP contribution in [0.5, 0.6) is 0 Å². The predicted molar refractivity (Wildman–Crippen MR) is 107 cm³/mol. The number of amides is 4. The zero-order chi connectivity index (χ0) is 21.3. The van der Waals surface area contributed by atoms with Gasteiger partial charge in [-0.2, -0.15) is 0 Å². The number of piperidine rings is 2. The van der Waals surface area contributed by atoms with Gasteiger partial charge >= 0.3 is 0 Å². The minimum absolute atomic E-state index is 0.107. The van der Waals surface area contributed by atoms with E-state index in [2.05, 4.69) is 15.5 Å². The zero-order valence-electron chi connectivity index (χ0n) is 16.7. The van der Waals surface area contributed by atoms with Gasteiger partial charge in [0.2, 0.25) is 11.8 Å². The van der Waals surface area contributed by atoms with E-state index in [4.69, 9.17) is 5.11 Å². The van der Waals surface area contributed by atoms with E-state index in [1.807, 2.05) is 6.07 Å². The van der Waals surface area contributed by atoms with Gasteiger partial charge in [0.15, 0.2) is 0 Å². The first-order chi connectivity index (χ1) is 14.5. The first-order valence-electron chi connectivity index (χ1n) is 10.4. The maximum absolute atomic E-state index is 12.9. The molecule has 0 aromatic heterocycles. The van der Waals surface area contributed by atoms with Crippen molar-refractivity contribution in [2.75, 3.05) is 26.2 Å². The van der Waals surface area contributed by atoms with Gasteiger partial charge < -0.3 is 10.4 Å². The number of hydrogen-bond donors (Lipinski definition) is 3. The number of likely N-dealkylation sites (tertiary alicyclic amines) is 1. The van der Waals surface area contributed by atoms with Crippen molar-refractivity contribution in [1.29, 1.82) is 0 Å². The zero-order valence-corrected chi connectivity index (χ0v) is 16.7. The number of benzene rings is 1. The second kappa shape index (κ2) is 8.63. The minimum Gasteiger partial charge on any atom is -0.395 e. The Morgan fingerprint density at radius 1 is 1.10 bits per heavy atom. The number of nitrogens with one attached hydrogen (secondary N) is 2. The van der Waals surface area contributed by atoms with Crippen molar-refractivity contribution in [3.63, 3.8) is 0 Å². The number of carbonyl (C=O) groups excluding carboxylic acids is 4. The van der Waals surface area contributed by atoms with Gasteiger partial charge in [-0.15, -0.1) is 0 Å². The molecule has 0 radical (unpaired) electrons. The molecule has 2 unspecified atom stereocenters. The van der Waals surface area contributed by atoms with Crippen molar-refractivity contribution in [3.05, 3.63) is 34.9 Å². The molecule has 1 aromatic carbocycles. The first kappa shape index (κ1) is 20.6. The molecule has 2 saturated heterocycles. The normalized spacial score (nSPS) is 24.9. The summed E-state index contributed by atoms with van der Waals surface area (Å²) in [6.07, 6.45) is 2.37. The monoisotopic (exact) mass is 414 g/mol. The molecule has 0 aliphatic carbocycles. The average molecular weight is 414 g/mol. The SMILES string of the molecule is O=C1CCC(N2C(=O)c3ccc(CN4CCCC(NCCO)C4)cc3C2=O)C(=O)N1. The lowest BCUT2D eigenvalue weighted by atomic mass is 10.0. The lowest BCUT2D eigenvalue weighted by Gasteiger charge is -2.33. The third-order valence-electron chi connectivity index (χ3n) is 5.96. The molecule has 160 valence electrons. The van der Waals surface area contributed by atoms with Crippen LogP contribution in [0.25, 0.3) is 0 Å². The Kier molecular flexibility index (Phi) is 5.94. The summed E-state index contributed by atoms with van der Waals surface area (Å²) < 4.78 is 0. The van der Waals surface area contributed by atoms with Crippen molar-refractivity contribution in [3.8, 4) is 0 Å². The van der Waals surface area contributed by atoms with Crippen molar-refractivity contribution < 1.29 is 24.3 Å². The molecule has 0 bridgehead atoms. The number of hydrogen-bond acceptors (Lipinski definition) is 7. The van der Waals surface area contributed by atoms with E-state index >= 15 is 0 Å². The summed E-state index contributed by atoms with van der Waals surface area (Å²) in [4.78, 5) is 52.6. The fourth-order valence-electron chi connectivity index (χ4n) is 4.51. The van der Waals surface area contributed by atoms with Crippen LogP contribution in [0.15, 0.2) is 18.2 Å². The molecule has 3 N–H and O–H groups in total. The second-order valence-electron chi connectivity index (χ2n) is 8.08. The Morgan fingerprint density at radius 3 is 2.67 bits per heavy atom. The second-order valence-corrected chi connectivity index (χ2v) is 8.08. The maximum Gasteiger partial charge on any atom is 0.262 e. The highest BCUT2D eigenvalue weighted by Gasteiger charge is 2.44. The summed E-state index contributed by atoms with van der Waals surface area (Å²) in [5, 5.41) is 14.5. The minimum atomic E-state index is -0.945. The molecule has 2 fully saturated rings. The highest BCUT2D eigenvalue weighted by atomic mass is 16.3. The van der Waals surface area contributed by atoms with Gasteiger partial charge in [0.05, 0.1) is 17.7 Å². The summed E-state index contributed by atoms with van der Waals surface area (Å²) in [6.45, 7) is 3.14. The topological polar surface area (TPSA) is 119 Å². The van der Waals surface area contributed by atoms with Crippen molar-refractivity contribution in [2.45, 2.75) is 44.3 Å². The molecule has 0 saturated carbocycles. The molecule has 9 heteroatoms. The van der Waals surface area contributed by atoms with Gasteiger partial charge in [-0.05, 0) is 43.5 Å². The van der Waals surface area contributed by atoms with Crippen LogP contribution in [0.3, 0.4) is 0 Å². The summed E-state index contributed by atoms with van der Waals surface area (Å²) in [6, 6.07) is 4.63. The van der Waals surface area contributed by atoms with Gasteiger partial charge in [0.1, 0.15) is 6.04 Å². The van der Waals surface area contributed by atoms with Crippen molar-refractivity contribution in [1.82, 2.24) is 20.4 Å². The van der Waals surface area contributed by atoms with Crippen molar-refractivity contribution in [2.24, 2.45) is 0 Å². The Balaban J connectivity index is 1.47. The molecule has 3 aliphatic heterocycles. The van der Waals surface area contributed by atoms with E-state index in [1.54, 1.807) is 12.1 Å². The van der Waals surface area contributed by atoms with Crippen LogP contribution in [0.2, 0.25) is 0 Å². The van der Waals surface area contributed by atoms with E-state index in [9.17, 15) is 19.2 Å². The van der Waals surface area contributed by atoms with Gasteiger partial charge in [-0.1, -0.05) is 6.07 Å². The van der Waals surface area contributed by atoms with E-state index in [-0.39, 0.29) is 25.4 Å². The smallest absolute Gasteiger partial charge is 0.262 e. The lowest BCUT2D eigenvalue weighted by Crippen LogP contribution is -2.54. The fraction of sp³-hybridized carbons (Fsp3) is 0.524. The molecule has 1 aromatic rings. The molecular formula is C21H26N4O5. The predicted octanol–water partition coefficient (Wildman–Crippen LogP) is -0.366. The molecule has 3 aliphatic rings. The molecule has 4 rings (SSSR count). The average Bonchev–Trinajstić information content (AvgIpc) is 2.97. The number of aliphatic hydroxyl groups excluding tert-OH is 1. The molecule has 0 spiro atoms. The van der Waals surface area contributed by atoms with Gasteiger partial charge in [0, 0.05) is 32.1 Å². The Labute approximate surface area is 174 Å². The van der Waals surface area contributed by atoms with E-state index in [0.29, 0.717) is 30.3 Å². The van der Waals surface area contributed by atoms with E-state index < -0.39 is 23.8 Å². The molecule has 30 heavy (non-hydrogen) atoms. The highest BCUT2D eigenvalue weighted by molar-refractivity contribution is 6.23. The maximum atomic E-state index is 12.9. The van der Waals surface area contributed by atoms with Crippen molar-refractivity contribution >= 4 is 23.6 Å². The number of imide groups is 2. The summed E-state index contributed by atoms with van der Waals surface area (Å²) in [7, 11) is 0. The number of nitrogens with zero attached hydrogens (tertiary/aromatic N) is 2. The number of carbonyl (C=O) groups is 4. The standard InChI is InChI=1S/C21H26N4O5/c26-9-7-22-14-2-1-8-24(12-14)11-13-3-4-15-16(10-13)21(30)25(20(15)29)17-5-6-18(27)23-19(17)28/h3-4,10,14,17,22,26H,1-2,5-9,11-12H2,(H,23,27,28). The molecule has 4 amide bonds. The lowest BCUT2D eigenvalue weighted by molar-refractivity contribution is -0.136. The van der Waals surface area contributed by atoms with Crippen LogP contribution in [0.1, 0.15) is 52.0 Å². The number of fused-ring (bicyclic) bond motifs is 1. The molecule has 2 atom stereocenters. The van der Waals surface area contributed by atoms with Crippen LogP contribution in [0, 0.1) is 0 Å². The third kappa shape index (κ3) is 4.00. The highest BCUT2D eigenvalue weighted by Crippen LogP contribution is 2.29. The quantitative estimate of drug-likeness (QED) is 0.544. The van der Waals surface area contributed by atoms with E-state index in [1.165, 1.54) is 0 Å². The van der Waals surface area contributed by atoms with Crippen LogP contribution < -0.4 is 10.6 Å². The molecule has 9 nitrogen and oxygen atoms in total. The summed E-state index contributed by atoms with van der Waals surface area (Å²) in [5.74, 6) is -1.95. The number of rotatable bonds is 6. The van der Waals surface area contributed by atoms with E-state index in [0.717, 1.165) is 36.4 Å². The van der Waals surface area contributed by atoms with Gasteiger partial charge in [0.25, 0.3) is 11.8 Å². The largest absolute Gasteiger partial charge is 0.395 e. The molecule has 3 heterocycles. The van der Waals surface area contributed by atoms with Gasteiger partial charge in [-0.25, -0.2) is 0 Å². The van der Waals surface area contributed by atoms with Crippen LogP contribution >= 0.6 is 0 Å². The van der Waals surface area contributed by atoms with Crippen LogP contribution in [-0.4, -0.2) is 76.9 Å². The Morgan fingerprint density at radius 2 is 1.90 bits per heavy atom. The van der Waals surface area contributed by atoms with Crippen LogP contribution in [0.4, 0.5) is 0 Å². The summed E-state index contributed by atoms with van der Waals surface area (Å²) >= 11 is 0. The summed E-state index contributed by atoms with van der Waals surface area (Å²) in [5.41, 5.74) is 1.55. The molecular weight excluding hydrogens is 388 g/mol. The number of aliphatic hydroxyl groups is 1. The Bertz CT molecular complexity index is 886. The van der Waals surface area contributed by atoms with Gasteiger partial charge in [-0.3, -0.25) is 34.3 Å². The Hall–Kier alpha value is -2.62. The fourth-order valence-corrected chi connectivity index (χ4v) is 4.51. The third-order valence-corrected chi connectivity index (χ3v) is 5.96.